The molecular formula is C12H18N2O3. The lowest BCUT2D eigenvalue weighted by atomic mass is 10.2. The number of hydrogen-bond donors (Lipinski definition) is 3. The third-order valence-corrected chi connectivity index (χ3v) is 2.18. The molecule has 1 rings (SSSR count). The zero-order chi connectivity index (χ0) is 12.7. The van der Waals surface area contributed by atoms with Crippen molar-refractivity contribution in [2.75, 3.05) is 18.5 Å². The summed E-state index contributed by atoms with van der Waals surface area (Å²) in [6, 6.07) is 7.08. The second kappa shape index (κ2) is 6.75. The zero-order valence-electron chi connectivity index (χ0n) is 9.85. The van der Waals surface area contributed by atoms with E-state index in [9.17, 15) is 4.79 Å². The van der Waals surface area contributed by atoms with Crippen molar-refractivity contribution in [2.45, 2.75) is 19.4 Å². The molecule has 94 valence electrons. The van der Waals surface area contributed by atoms with Crippen LogP contribution in [0.1, 0.15) is 13.3 Å². The molecule has 0 heterocycles. The maximum absolute atomic E-state index is 10.5. The first-order valence-corrected chi connectivity index (χ1v) is 5.56. The van der Waals surface area contributed by atoms with Crippen LogP contribution < -0.4 is 15.8 Å². The van der Waals surface area contributed by atoms with E-state index >= 15 is 0 Å². The Bertz CT molecular complexity index is 369. The summed E-state index contributed by atoms with van der Waals surface area (Å²) in [5.41, 5.74) is 6.49. The smallest absolute Gasteiger partial charge is 0.304 e. The molecule has 17 heavy (non-hydrogen) atoms. The summed E-state index contributed by atoms with van der Waals surface area (Å²) in [5.74, 6) is -0.144. The molecule has 0 aromatic heterocycles. The monoisotopic (exact) mass is 238 g/mol. The molecule has 0 spiro atoms. The van der Waals surface area contributed by atoms with Crippen molar-refractivity contribution >= 4 is 11.7 Å². The molecule has 0 aliphatic carbocycles. The predicted molar refractivity (Wildman–Crippen MR) is 66.3 cm³/mol. The molecule has 0 aliphatic rings. The number of carboxylic acids is 1. The van der Waals surface area contributed by atoms with Crippen LogP contribution >= 0.6 is 0 Å². The first kappa shape index (κ1) is 13.3. The average molecular weight is 238 g/mol. The Morgan fingerprint density at radius 3 is 2.88 bits per heavy atom. The van der Waals surface area contributed by atoms with Gasteiger partial charge in [-0.15, -0.1) is 0 Å². The molecule has 0 bridgehead atoms. The van der Waals surface area contributed by atoms with E-state index in [0.29, 0.717) is 13.2 Å². The normalized spacial score (nSPS) is 11.9. The highest BCUT2D eigenvalue weighted by Crippen LogP contribution is 2.23. The van der Waals surface area contributed by atoms with Gasteiger partial charge < -0.3 is 20.9 Å². The topological polar surface area (TPSA) is 84.6 Å². The molecule has 5 heteroatoms. The molecule has 1 unspecified atom stereocenters. The minimum atomic E-state index is -0.891. The molecule has 0 amide bonds. The molecule has 1 aromatic rings. The third-order valence-electron chi connectivity index (χ3n) is 2.18. The van der Waals surface area contributed by atoms with Crippen LogP contribution in [-0.2, 0) is 4.79 Å². The lowest BCUT2D eigenvalue weighted by Gasteiger charge is -2.14. The van der Waals surface area contributed by atoms with Gasteiger partial charge in [0, 0.05) is 12.6 Å². The highest BCUT2D eigenvalue weighted by molar-refractivity contribution is 5.67. The molecular weight excluding hydrogens is 220 g/mol. The van der Waals surface area contributed by atoms with Gasteiger partial charge in [0.2, 0.25) is 0 Å². The lowest BCUT2D eigenvalue weighted by Crippen LogP contribution is -2.31. The number of nitrogens with one attached hydrogen (secondary N) is 1. The van der Waals surface area contributed by atoms with Crippen LogP contribution in [0, 0.1) is 0 Å². The standard InChI is InChI=1S/C12H18N2O3/c1-2-17-11-6-4-3-5-10(11)14-8-9(13)7-12(15)16/h3-6,9,14H,2,7-8,13H2,1H3,(H,15,16). The van der Waals surface area contributed by atoms with Crippen molar-refractivity contribution in [1.29, 1.82) is 0 Å². The number of nitrogens with two attached hydrogens (primary N) is 1. The Hall–Kier alpha value is -1.75. The summed E-state index contributed by atoms with van der Waals surface area (Å²) in [6.45, 7) is 2.89. The van der Waals surface area contributed by atoms with Gasteiger partial charge in [-0.25, -0.2) is 0 Å². The quantitative estimate of drug-likeness (QED) is 0.666. The van der Waals surface area contributed by atoms with E-state index in [1.54, 1.807) is 0 Å². The average Bonchev–Trinajstić information content (AvgIpc) is 2.27. The lowest BCUT2D eigenvalue weighted by molar-refractivity contribution is -0.137. The number of benzene rings is 1. The minimum absolute atomic E-state index is 0.0518. The van der Waals surface area contributed by atoms with E-state index in [4.69, 9.17) is 15.6 Å². The van der Waals surface area contributed by atoms with Crippen LogP contribution in [0.5, 0.6) is 5.75 Å². The maximum atomic E-state index is 10.5. The van der Waals surface area contributed by atoms with Crippen LogP contribution in [0.15, 0.2) is 24.3 Å². The number of anilines is 1. The van der Waals surface area contributed by atoms with Crippen molar-refractivity contribution in [3.05, 3.63) is 24.3 Å². The maximum Gasteiger partial charge on any atom is 0.304 e. The van der Waals surface area contributed by atoms with Crippen LogP contribution in [0.25, 0.3) is 0 Å². The summed E-state index contributed by atoms with van der Waals surface area (Å²) in [7, 11) is 0. The first-order valence-electron chi connectivity index (χ1n) is 5.56. The van der Waals surface area contributed by atoms with E-state index in [1.807, 2.05) is 31.2 Å². The van der Waals surface area contributed by atoms with E-state index in [-0.39, 0.29) is 6.42 Å². The Labute approximate surface area is 101 Å². The molecule has 0 aliphatic heterocycles. The second-order valence-electron chi connectivity index (χ2n) is 3.67. The summed E-state index contributed by atoms with van der Waals surface area (Å²) >= 11 is 0. The number of aliphatic carboxylic acids is 1. The van der Waals surface area contributed by atoms with E-state index in [0.717, 1.165) is 11.4 Å². The summed E-state index contributed by atoms with van der Waals surface area (Å²) < 4.78 is 5.43. The van der Waals surface area contributed by atoms with Gasteiger partial charge in [0.05, 0.1) is 18.7 Å². The first-order chi connectivity index (χ1) is 8.13. The summed E-state index contributed by atoms with van der Waals surface area (Å²) in [5, 5.41) is 11.7. The molecule has 0 saturated heterocycles. The van der Waals surface area contributed by atoms with E-state index < -0.39 is 12.0 Å². The zero-order valence-corrected chi connectivity index (χ0v) is 9.85. The summed E-state index contributed by atoms with van der Waals surface area (Å²) in [4.78, 5) is 10.5. The van der Waals surface area contributed by atoms with Gasteiger partial charge in [-0.1, -0.05) is 12.1 Å². The Morgan fingerprint density at radius 2 is 2.24 bits per heavy atom. The van der Waals surface area contributed by atoms with E-state index in [2.05, 4.69) is 5.32 Å². The predicted octanol–water partition coefficient (Wildman–Crippen LogP) is 1.30. The Balaban J connectivity index is 2.53. The van der Waals surface area contributed by atoms with E-state index in [1.165, 1.54) is 0 Å². The van der Waals surface area contributed by atoms with Crippen molar-refractivity contribution in [3.8, 4) is 5.75 Å². The van der Waals surface area contributed by atoms with Crippen LogP contribution in [-0.4, -0.2) is 30.3 Å². The van der Waals surface area contributed by atoms with Gasteiger partial charge >= 0.3 is 5.97 Å². The largest absolute Gasteiger partial charge is 0.492 e. The van der Waals surface area contributed by atoms with Crippen molar-refractivity contribution in [2.24, 2.45) is 5.73 Å². The van der Waals surface area contributed by atoms with Crippen molar-refractivity contribution in [3.63, 3.8) is 0 Å². The van der Waals surface area contributed by atoms with Gasteiger partial charge in [-0.05, 0) is 19.1 Å². The number of ether oxygens (including phenoxy) is 1. The summed E-state index contributed by atoms with van der Waals surface area (Å²) in [6.07, 6.45) is -0.0518. The highest BCUT2D eigenvalue weighted by Gasteiger charge is 2.09. The fourth-order valence-corrected chi connectivity index (χ4v) is 1.43. The van der Waals surface area contributed by atoms with Crippen molar-refractivity contribution < 1.29 is 14.6 Å². The van der Waals surface area contributed by atoms with Gasteiger partial charge in [-0.2, -0.15) is 0 Å². The molecule has 0 radical (unpaired) electrons. The highest BCUT2D eigenvalue weighted by atomic mass is 16.5. The number of hydrogen-bond acceptors (Lipinski definition) is 4. The van der Waals surface area contributed by atoms with Gasteiger partial charge in [-0.3, -0.25) is 4.79 Å². The number of carbonyl (C=O) groups is 1. The number of rotatable bonds is 7. The van der Waals surface area contributed by atoms with Crippen LogP contribution in [0.3, 0.4) is 0 Å². The SMILES string of the molecule is CCOc1ccccc1NCC(N)CC(=O)O. The van der Waals surface area contributed by atoms with Crippen LogP contribution in [0.4, 0.5) is 5.69 Å². The second-order valence-corrected chi connectivity index (χ2v) is 3.67. The molecule has 1 aromatic carbocycles. The fraction of sp³-hybridized carbons (Fsp3) is 0.417. The van der Waals surface area contributed by atoms with Gasteiger partial charge in [0.1, 0.15) is 5.75 Å². The number of carboxylic acid groups (broad SMARTS) is 1. The Kier molecular flexibility index (Phi) is 5.29. The molecule has 4 N–H and O–H groups in total. The minimum Gasteiger partial charge on any atom is -0.492 e. The fourth-order valence-electron chi connectivity index (χ4n) is 1.43. The molecule has 0 fully saturated rings. The van der Waals surface area contributed by atoms with Gasteiger partial charge in [0.15, 0.2) is 0 Å². The molecule has 1 atom stereocenters. The number of para-hydroxylation sites is 2. The van der Waals surface area contributed by atoms with Crippen molar-refractivity contribution in [1.82, 2.24) is 0 Å². The molecule has 5 nitrogen and oxygen atoms in total. The third kappa shape index (κ3) is 4.74. The Morgan fingerprint density at radius 1 is 1.53 bits per heavy atom. The molecule has 0 saturated carbocycles. The van der Waals surface area contributed by atoms with Gasteiger partial charge in [0.25, 0.3) is 0 Å². The van der Waals surface area contributed by atoms with Crippen LogP contribution in [0.2, 0.25) is 0 Å².